The summed E-state index contributed by atoms with van der Waals surface area (Å²) in [6, 6.07) is 4.37. The third-order valence-corrected chi connectivity index (χ3v) is 5.07. The molecule has 15 heavy (non-hydrogen) atoms. The molecule has 3 rings (SSSR count). The molecule has 3 heterocycles. The number of pyridine rings is 1. The van der Waals surface area contributed by atoms with Gasteiger partial charge in [0.2, 0.25) is 0 Å². The first-order valence-corrected chi connectivity index (χ1v) is 6.56. The van der Waals surface area contributed by atoms with Crippen molar-refractivity contribution in [1.82, 2.24) is 9.88 Å². The van der Waals surface area contributed by atoms with Crippen LogP contribution in [0.2, 0.25) is 0 Å². The Balaban J connectivity index is 1.95. The van der Waals surface area contributed by atoms with Gasteiger partial charge in [0.05, 0.1) is 5.03 Å². The van der Waals surface area contributed by atoms with E-state index in [4.69, 9.17) is 0 Å². The number of fused-ring (bicyclic) bond motifs is 2. The summed E-state index contributed by atoms with van der Waals surface area (Å²) in [6.45, 7) is 2.46. The number of hydrogen-bond acceptors (Lipinski definition) is 3. The summed E-state index contributed by atoms with van der Waals surface area (Å²) in [6.07, 6.45) is 4.52. The van der Waals surface area contributed by atoms with Crippen LogP contribution in [0.15, 0.2) is 23.4 Å². The number of rotatable bonds is 0. The van der Waals surface area contributed by atoms with Crippen molar-refractivity contribution in [3.8, 4) is 0 Å². The lowest BCUT2D eigenvalue weighted by Gasteiger charge is -2.37. The molecule has 1 aromatic heterocycles. The fraction of sp³-hybridized carbons (Fsp3) is 0.583. The second-order valence-electron chi connectivity index (χ2n) is 4.73. The average molecular weight is 220 g/mol. The zero-order valence-electron chi connectivity index (χ0n) is 9.07. The topological polar surface area (TPSA) is 16.1 Å². The van der Waals surface area contributed by atoms with Gasteiger partial charge in [0, 0.05) is 17.4 Å². The van der Waals surface area contributed by atoms with Crippen LogP contribution in [0.3, 0.4) is 0 Å². The monoisotopic (exact) mass is 220 g/mol. The van der Waals surface area contributed by atoms with E-state index in [9.17, 15) is 0 Å². The van der Waals surface area contributed by atoms with Crippen molar-refractivity contribution in [3.63, 3.8) is 0 Å². The van der Waals surface area contributed by atoms with E-state index in [-0.39, 0.29) is 0 Å². The molecule has 80 valence electrons. The van der Waals surface area contributed by atoms with Crippen LogP contribution in [-0.2, 0) is 5.41 Å². The molecule has 1 aromatic rings. The fourth-order valence-electron chi connectivity index (χ4n) is 2.65. The summed E-state index contributed by atoms with van der Waals surface area (Å²) in [7, 11) is 2.22. The maximum absolute atomic E-state index is 4.48. The van der Waals surface area contributed by atoms with Gasteiger partial charge in [-0.15, -0.1) is 11.8 Å². The summed E-state index contributed by atoms with van der Waals surface area (Å²) in [4.78, 5) is 6.91. The predicted octanol–water partition coefficient (Wildman–Crippen LogP) is 2.15. The van der Waals surface area contributed by atoms with Gasteiger partial charge in [0.15, 0.2) is 0 Å². The standard InChI is InChI=1S/C12H16N2S/c1-14-7-4-12(5-8-14)9-15-11-10(12)3-2-6-13-11/h2-3,6H,4-5,7-9H2,1H3. The van der Waals surface area contributed by atoms with Crippen LogP contribution in [0.4, 0.5) is 0 Å². The van der Waals surface area contributed by atoms with Crippen LogP contribution in [0.1, 0.15) is 18.4 Å². The Morgan fingerprint density at radius 2 is 2.20 bits per heavy atom. The van der Waals surface area contributed by atoms with E-state index in [1.54, 1.807) is 0 Å². The van der Waals surface area contributed by atoms with Crippen LogP contribution in [0.25, 0.3) is 0 Å². The van der Waals surface area contributed by atoms with Gasteiger partial charge in [-0.3, -0.25) is 0 Å². The Labute approximate surface area is 95.1 Å². The van der Waals surface area contributed by atoms with E-state index in [1.165, 1.54) is 42.3 Å². The van der Waals surface area contributed by atoms with Crippen molar-refractivity contribution in [2.24, 2.45) is 0 Å². The lowest BCUT2D eigenvalue weighted by atomic mass is 9.75. The van der Waals surface area contributed by atoms with Gasteiger partial charge in [-0.05, 0) is 44.6 Å². The molecule has 0 bridgehead atoms. The van der Waals surface area contributed by atoms with E-state index in [0.29, 0.717) is 5.41 Å². The number of piperidine rings is 1. The highest BCUT2D eigenvalue weighted by Gasteiger charge is 2.41. The Morgan fingerprint density at radius 3 is 3.00 bits per heavy atom. The molecule has 2 nitrogen and oxygen atoms in total. The molecule has 0 saturated carbocycles. The Hall–Kier alpha value is -0.540. The van der Waals surface area contributed by atoms with E-state index < -0.39 is 0 Å². The molecular weight excluding hydrogens is 204 g/mol. The van der Waals surface area contributed by atoms with Gasteiger partial charge >= 0.3 is 0 Å². The lowest BCUT2D eigenvalue weighted by molar-refractivity contribution is 0.203. The first kappa shape index (κ1) is 9.67. The minimum Gasteiger partial charge on any atom is -0.306 e. The highest BCUT2D eigenvalue weighted by Crippen LogP contribution is 2.48. The summed E-state index contributed by atoms with van der Waals surface area (Å²) >= 11 is 1.94. The molecule has 0 amide bonds. The maximum atomic E-state index is 4.48. The summed E-state index contributed by atoms with van der Waals surface area (Å²) in [5.41, 5.74) is 1.96. The molecule has 2 aliphatic rings. The Bertz CT molecular complexity index is 370. The van der Waals surface area contributed by atoms with Gasteiger partial charge < -0.3 is 4.90 Å². The van der Waals surface area contributed by atoms with Crippen LogP contribution in [-0.4, -0.2) is 35.8 Å². The number of hydrogen-bond donors (Lipinski definition) is 0. The van der Waals surface area contributed by atoms with Crippen molar-refractivity contribution in [2.75, 3.05) is 25.9 Å². The fourth-order valence-corrected chi connectivity index (χ4v) is 4.09. The SMILES string of the molecule is CN1CCC2(CC1)CSc1ncccc12. The number of nitrogens with zero attached hydrogens (tertiary/aromatic N) is 2. The first-order valence-electron chi connectivity index (χ1n) is 5.57. The molecule has 3 heteroatoms. The van der Waals surface area contributed by atoms with Crippen molar-refractivity contribution < 1.29 is 0 Å². The summed E-state index contributed by atoms with van der Waals surface area (Å²) < 4.78 is 0. The summed E-state index contributed by atoms with van der Waals surface area (Å²) in [5.74, 6) is 1.24. The van der Waals surface area contributed by atoms with Gasteiger partial charge in [-0.1, -0.05) is 6.07 Å². The minimum atomic E-state index is 0.445. The second kappa shape index (κ2) is 3.49. The van der Waals surface area contributed by atoms with Crippen LogP contribution >= 0.6 is 11.8 Å². The van der Waals surface area contributed by atoms with E-state index in [2.05, 4.69) is 29.1 Å². The summed E-state index contributed by atoms with van der Waals surface area (Å²) in [5, 5.41) is 1.28. The highest BCUT2D eigenvalue weighted by atomic mass is 32.2. The third-order valence-electron chi connectivity index (χ3n) is 3.77. The second-order valence-corrected chi connectivity index (χ2v) is 5.69. The molecule has 0 N–H and O–H groups in total. The molecule has 0 atom stereocenters. The molecule has 1 saturated heterocycles. The van der Waals surface area contributed by atoms with Gasteiger partial charge in [-0.2, -0.15) is 0 Å². The maximum Gasteiger partial charge on any atom is 0.0998 e. The molecule has 0 unspecified atom stereocenters. The smallest absolute Gasteiger partial charge is 0.0998 e. The number of thioether (sulfide) groups is 1. The van der Waals surface area contributed by atoms with Crippen LogP contribution in [0, 0.1) is 0 Å². The van der Waals surface area contributed by atoms with Crippen molar-refractivity contribution in [1.29, 1.82) is 0 Å². The van der Waals surface area contributed by atoms with Gasteiger partial charge in [0.1, 0.15) is 0 Å². The molecule has 1 fully saturated rings. The Morgan fingerprint density at radius 1 is 1.40 bits per heavy atom. The van der Waals surface area contributed by atoms with Gasteiger partial charge in [-0.25, -0.2) is 4.98 Å². The van der Waals surface area contributed by atoms with Gasteiger partial charge in [0.25, 0.3) is 0 Å². The first-order chi connectivity index (χ1) is 7.30. The molecule has 1 spiro atoms. The molecular formula is C12H16N2S. The van der Waals surface area contributed by atoms with Crippen LogP contribution in [0.5, 0.6) is 0 Å². The number of likely N-dealkylation sites (tertiary alicyclic amines) is 1. The minimum absolute atomic E-state index is 0.445. The normalized spacial score (nSPS) is 24.3. The third kappa shape index (κ3) is 1.49. The highest BCUT2D eigenvalue weighted by molar-refractivity contribution is 7.99. The molecule has 0 aromatic carbocycles. The molecule has 0 radical (unpaired) electrons. The van der Waals surface area contributed by atoms with E-state index in [1.807, 2.05) is 18.0 Å². The van der Waals surface area contributed by atoms with Crippen molar-refractivity contribution in [2.45, 2.75) is 23.3 Å². The molecule has 2 aliphatic heterocycles. The number of aromatic nitrogens is 1. The predicted molar refractivity (Wildman–Crippen MR) is 63.4 cm³/mol. The Kier molecular flexibility index (Phi) is 2.25. The molecule has 0 aliphatic carbocycles. The average Bonchev–Trinajstić information content (AvgIpc) is 2.63. The zero-order valence-corrected chi connectivity index (χ0v) is 9.89. The van der Waals surface area contributed by atoms with E-state index in [0.717, 1.165) is 0 Å². The largest absolute Gasteiger partial charge is 0.306 e. The zero-order chi connectivity index (χ0) is 10.3. The lowest BCUT2D eigenvalue weighted by Crippen LogP contribution is -2.41. The van der Waals surface area contributed by atoms with E-state index >= 15 is 0 Å². The van der Waals surface area contributed by atoms with Crippen molar-refractivity contribution in [3.05, 3.63) is 23.9 Å². The van der Waals surface area contributed by atoms with Crippen molar-refractivity contribution >= 4 is 11.8 Å². The quantitative estimate of drug-likeness (QED) is 0.666. The van der Waals surface area contributed by atoms with Crippen LogP contribution < -0.4 is 0 Å².